The van der Waals surface area contributed by atoms with Gasteiger partial charge in [-0.15, -0.1) is 0 Å². The predicted octanol–water partition coefficient (Wildman–Crippen LogP) is 5.79. The van der Waals surface area contributed by atoms with Crippen LogP contribution in [0.15, 0.2) is 65.1 Å². The van der Waals surface area contributed by atoms with Gasteiger partial charge in [0.2, 0.25) is 0 Å². The summed E-state index contributed by atoms with van der Waals surface area (Å²) in [5.41, 5.74) is 2.58. The maximum absolute atomic E-state index is 12.7. The molecule has 0 unspecified atom stereocenters. The average Bonchev–Trinajstić information content (AvgIpc) is 3.07. The molecular formula is C23H20BrNO3. The van der Waals surface area contributed by atoms with E-state index < -0.39 is 0 Å². The third kappa shape index (κ3) is 3.27. The normalized spacial score (nSPS) is 11.1. The number of carbonyl (C=O) groups is 1. The lowest BCUT2D eigenvalue weighted by atomic mass is 10.1. The first kappa shape index (κ1) is 18.6. The van der Waals surface area contributed by atoms with E-state index in [1.54, 1.807) is 7.11 Å². The second kappa shape index (κ2) is 7.68. The van der Waals surface area contributed by atoms with Crippen molar-refractivity contribution in [3.63, 3.8) is 0 Å². The largest absolute Gasteiger partial charge is 0.496 e. The fraction of sp³-hybridized carbons (Fsp3) is 0.174. The molecule has 0 amide bonds. The van der Waals surface area contributed by atoms with Crippen LogP contribution in [-0.4, -0.2) is 24.3 Å². The summed E-state index contributed by atoms with van der Waals surface area (Å²) in [5.74, 6) is 0.409. The molecule has 0 N–H and O–H groups in total. The average molecular weight is 438 g/mol. The highest BCUT2D eigenvalue weighted by Crippen LogP contribution is 2.36. The van der Waals surface area contributed by atoms with Crippen molar-refractivity contribution in [3.05, 3.63) is 76.4 Å². The van der Waals surface area contributed by atoms with Crippen molar-refractivity contribution in [3.8, 4) is 5.75 Å². The van der Waals surface area contributed by atoms with Gasteiger partial charge in [-0.25, -0.2) is 4.79 Å². The highest BCUT2D eigenvalue weighted by molar-refractivity contribution is 9.10. The van der Waals surface area contributed by atoms with E-state index in [0.717, 1.165) is 37.5 Å². The van der Waals surface area contributed by atoms with Gasteiger partial charge in [-0.1, -0.05) is 52.3 Å². The topological polar surface area (TPSA) is 40.5 Å². The minimum absolute atomic E-state index is 0.328. The number of halogens is 1. The molecule has 3 aromatic carbocycles. The molecule has 0 aliphatic carbocycles. The van der Waals surface area contributed by atoms with Crippen LogP contribution < -0.4 is 4.74 Å². The maximum Gasteiger partial charge on any atom is 0.354 e. The minimum atomic E-state index is -0.333. The van der Waals surface area contributed by atoms with Crippen molar-refractivity contribution in [1.29, 1.82) is 0 Å². The van der Waals surface area contributed by atoms with Gasteiger partial charge in [-0.3, -0.25) is 0 Å². The van der Waals surface area contributed by atoms with Gasteiger partial charge < -0.3 is 14.0 Å². The number of nitrogens with zero attached hydrogens (tertiary/aromatic N) is 1. The summed E-state index contributed by atoms with van der Waals surface area (Å²) < 4.78 is 14.0. The molecule has 142 valence electrons. The summed E-state index contributed by atoms with van der Waals surface area (Å²) in [4.78, 5) is 12.7. The van der Waals surface area contributed by atoms with Crippen LogP contribution in [0.2, 0.25) is 0 Å². The van der Waals surface area contributed by atoms with Gasteiger partial charge in [0.1, 0.15) is 11.4 Å². The Hall–Kier alpha value is -2.79. The number of carbonyl (C=O) groups excluding carboxylic acids is 1. The Labute approximate surface area is 171 Å². The Bertz CT molecular complexity index is 1180. The van der Waals surface area contributed by atoms with E-state index in [2.05, 4.69) is 34.1 Å². The third-order valence-electron chi connectivity index (χ3n) is 4.80. The number of fused-ring (bicyclic) bond motifs is 3. The van der Waals surface area contributed by atoms with Crippen LogP contribution in [0.3, 0.4) is 0 Å². The van der Waals surface area contributed by atoms with Crippen molar-refractivity contribution in [1.82, 2.24) is 4.57 Å². The molecule has 0 aliphatic rings. The predicted molar refractivity (Wildman–Crippen MR) is 115 cm³/mol. The van der Waals surface area contributed by atoms with Crippen molar-refractivity contribution < 1.29 is 14.3 Å². The van der Waals surface area contributed by atoms with Crippen molar-refractivity contribution in [2.75, 3.05) is 13.7 Å². The van der Waals surface area contributed by atoms with Gasteiger partial charge in [0.05, 0.1) is 19.2 Å². The molecule has 1 heterocycles. The van der Waals surface area contributed by atoms with Gasteiger partial charge in [0, 0.05) is 21.8 Å². The second-order valence-corrected chi connectivity index (χ2v) is 7.44. The number of aromatic nitrogens is 1. The SMILES string of the molecule is CCOC(=O)c1cc2c(OC)cc3ccccc3c2n1Cc1cccc(Br)c1. The van der Waals surface area contributed by atoms with Gasteiger partial charge in [-0.2, -0.15) is 0 Å². The summed E-state index contributed by atoms with van der Waals surface area (Å²) in [7, 11) is 1.65. The number of esters is 1. The minimum Gasteiger partial charge on any atom is -0.496 e. The lowest BCUT2D eigenvalue weighted by molar-refractivity contribution is 0.0515. The molecule has 4 rings (SSSR count). The van der Waals surface area contributed by atoms with Gasteiger partial charge >= 0.3 is 5.97 Å². The number of ether oxygens (including phenoxy) is 2. The van der Waals surface area contributed by atoms with Crippen molar-refractivity contribution >= 4 is 43.6 Å². The van der Waals surface area contributed by atoms with Crippen LogP contribution >= 0.6 is 15.9 Å². The Morgan fingerprint density at radius 1 is 1.04 bits per heavy atom. The van der Waals surface area contributed by atoms with Gasteiger partial charge in [0.25, 0.3) is 0 Å². The fourth-order valence-corrected chi connectivity index (χ4v) is 4.06. The highest BCUT2D eigenvalue weighted by atomic mass is 79.9. The molecule has 0 fully saturated rings. The Balaban J connectivity index is 2.04. The van der Waals surface area contributed by atoms with E-state index in [4.69, 9.17) is 9.47 Å². The number of hydrogen-bond acceptors (Lipinski definition) is 3. The molecule has 28 heavy (non-hydrogen) atoms. The van der Waals surface area contributed by atoms with Crippen LogP contribution in [-0.2, 0) is 11.3 Å². The number of methoxy groups -OCH3 is 1. The van der Waals surface area contributed by atoms with Gasteiger partial charge in [0.15, 0.2) is 0 Å². The number of hydrogen-bond donors (Lipinski definition) is 0. The fourth-order valence-electron chi connectivity index (χ4n) is 3.61. The monoisotopic (exact) mass is 437 g/mol. The molecule has 0 aliphatic heterocycles. The second-order valence-electron chi connectivity index (χ2n) is 6.53. The molecule has 0 saturated heterocycles. The first-order valence-corrected chi connectivity index (χ1v) is 9.92. The molecule has 0 saturated carbocycles. The summed E-state index contributed by atoms with van der Waals surface area (Å²) >= 11 is 3.53. The van der Waals surface area contributed by atoms with Gasteiger partial charge in [-0.05, 0) is 42.1 Å². The van der Waals surface area contributed by atoms with Crippen molar-refractivity contribution in [2.45, 2.75) is 13.5 Å². The highest BCUT2D eigenvalue weighted by Gasteiger charge is 2.21. The van der Waals surface area contributed by atoms with E-state index in [-0.39, 0.29) is 5.97 Å². The zero-order valence-electron chi connectivity index (χ0n) is 15.7. The first-order valence-electron chi connectivity index (χ1n) is 9.13. The molecule has 0 radical (unpaired) electrons. The van der Waals surface area contributed by atoms with Crippen LogP contribution in [0.1, 0.15) is 23.0 Å². The molecule has 0 bridgehead atoms. The van der Waals surface area contributed by atoms with E-state index in [1.807, 2.05) is 54.0 Å². The quantitative estimate of drug-likeness (QED) is 0.371. The lowest BCUT2D eigenvalue weighted by Crippen LogP contribution is -2.13. The summed E-state index contributed by atoms with van der Waals surface area (Å²) in [6.45, 7) is 2.69. The summed E-state index contributed by atoms with van der Waals surface area (Å²) in [6.07, 6.45) is 0. The zero-order valence-corrected chi connectivity index (χ0v) is 17.3. The molecule has 4 aromatic rings. The van der Waals surface area contributed by atoms with E-state index in [1.165, 1.54) is 0 Å². The zero-order chi connectivity index (χ0) is 19.7. The van der Waals surface area contributed by atoms with Crippen LogP contribution in [0.25, 0.3) is 21.7 Å². The third-order valence-corrected chi connectivity index (χ3v) is 5.29. The van der Waals surface area contributed by atoms with Crippen molar-refractivity contribution in [2.24, 2.45) is 0 Å². The Morgan fingerprint density at radius 2 is 1.86 bits per heavy atom. The van der Waals surface area contributed by atoms with Crippen LogP contribution in [0.4, 0.5) is 0 Å². The van der Waals surface area contributed by atoms with E-state index in [0.29, 0.717) is 18.8 Å². The van der Waals surface area contributed by atoms with Crippen LogP contribution in [0.5, 0.6) is 5.75 Å². The molecule has 4 nitrogen and oxygen atoms in total. The molecule has 0 spiro atoms. The van der Waals surface area contributed by atoms with Crippen LogP contribution in [0, 0.1) is 0 Å². The molecule has 0 atom stereocenters. The molecular weight excluding hydrogens is 418 g/mol. The standard InChI is InChI=1S/C23H20BrNO3/c1-3-28-23(26)20-13-19-21(27-2)12-16-8-4-5-10-18(16)22(19)25(20)14-15-7-6-9-17(24)11-15/h4-13H,3,14H2,1-2H3. The maximum atomic E-state index is 12.7. The van der Waals surface area contributed by atoms with E-state index >= 15 is 0 Å². The summed E-state index contributed by atoms with van der Waals surface area (Å²) in [5, 5.41) is 3.04. The number of benzene rings is 3. The smallest absolute Gasteiger partial charge is 0.354 e. The molecule has 1 aromatic heterocycles. The first-order chi connectivity index (χ1) is 13.6. The van der Waals surface area contributed by atoms with E-state index in [9.17, 15) is 4.79 Å². The Morgan fingerprint density at radius 3 is 2.61 bits per heavy atom. The lowest BCUT2D eigenvalue weighted by Gasteiger charge is -2.13. The molecule has 5 heteroatoms. The Kier molecular flexibility index (Phi) is 5.09. The number of rotatable bonds is 5. The summed E-state index contributed by atoms with van der Waals surface area (Å²) in [6, 6.07) is 20.1.